The SMILES string of the molecule is O=C(O)c1cncc(OCc2nc(-c3cccs3)no2)c1. The molecule has 3 aromatic heterocycles. The van der Waals surface area contributed by atoms with E-state index in [4.69, 9.17) is 14.4 Å². The average molecular weight is 303 g/mol. The second-order valence-corrected chi connectivity index (χ2v) is 4.94. The Morgan fingerprint density at radius 2 is 2.33 bits per heavy atom. The van der Waals surface area contributed by atoms with Gasteiger partial charge in [-0.25, -0.2) is 4.79 Å². The standard InChI is InChI=1S/C13H9N3O4S/c17-13(18)8-4-9(6-14-5-8)19-7-11-15-12(16-20-11)10-2-1-3-21-10/h1-6H,7H2,(H,17,18). The number of rotatable bonds is 5. The van der Waals surface area contributed by atoms with E-state index in [1.807, 2.05) is 17.5 Å². The Kier molecular flexibility index (Phi) is 3.61. The molecule has 0 bridgehead atoms. The van der Waals surface area contributed by atoms with E-state index in [2.05, 4.69) is 15.1 Å². The van der Waals surface area contributed by atoms with E-state index >= 15 is 0 Å². The number of nitrogens with zero attached hydrogens (tertiary/aromatic N) is 3. The monoisotopic (exact) mass is 303 g/mol. The third kappa shape index (κ3) is 3.06. The van der Waals surface area contributed by atoms with E-state index in [0.29, 0.717) is 17.5 Å². The number of carboxylic acid groups (broad SMARTS) is 1. The average Bonchev–Trinajstić information content (AvgIpc) is 3.16. The Morgan fingerprint density at radius 1 is 1.43 bits per heavy atom. The highest BCUT2D eigenvalue weighted by molar-refractivity contribution is 7.13. The van der Waals surface area contributed by atoms with Crippen LogP contribution in [-0.4, -0.2) is 26.2 Å². The summed E-state index contributed by atoms with van der Waals surface area (Å²) in [7, 11) is 0. The molecule has 3 heterocycles. The molecule has 0 atom stereocenters. The Bertz CT molecular complexity index is 754. The van der Waals surface area contributed by atoms with Crippen LogP contribution in [0.3, 0.4) is 0 Å². The number of ether oxygens (including phenoxy) is 1. The predicted octanol–water partition coefficient (Wildman–Crippen LogP) is 2.47. The first-order valence-electron chi connectivity index (χ1n) is 5.90. The summed E-state index contributed by atoms with van der Waals surface area (Å²) in [6.45, 7) is 0.0448. The summed E-state index contributed by atoms with van der Waals surface area (Å²) in [4.78, 5) is 19.7. The van der Waals surface area contributed by atoms with Crippen molar-refractivity contribution in [1.29, 1.82) is 0 Å². The Balaban J connectivity index is 1.68. The van der Waals surface area contributed by atoms with Crippen molar-refractivity contribution >= 4 is 17.3 Å². The maximum Gasteiger partial charge on any atom is 0.337 e. The summed E-state index contributed by atoms with van der Waals surface area (Å²) in [6, 6.07) is 5.17. The number of carbonyl (C=O) groups is 1. The van der Waals surface area contributed by atoms with Crippen molar-refractivity contribution in [2.75, 3.05) is 0 Å². The first-order valence-corrected chi connectivity index (χ1v) is 6.78. The number of thiophene rings is 1. The fraction of sp³-hybridized carbons (Fsp3) is 0.0769. The highest BCUT2D eigenvalue weighted by atomic mass is 32.1. The van der Waals surface area contributed by atoms with Gasteiger partial charge in [-0.05, 0) is 17.5 Å². The number of hydrogen-bond donors (Lipinski definition) is 1. The molecule has 3 aromatic rings. The maximum atomic E-state index is 10.8. The van der Waals surface area contributed by atoms with Crippen molar-refractivity contribution < 1.29 is 19.2 Å². The molecule has 1 N–H and O–H groups in total. The van der Waals surface area contributed by atoms with Gasteiger partial charge in [-0.2, -0.15) is 4.98 Å². The van der Waals surface area contributed by atoms with E-state index in [1.165, 1.54) is 29.8 Å². The topological polar surface area (TPSA) is 98.3 Å². The summed E-state index contributed by atoms with van der Waals surface area (Å²) in [5, 5.41) is 14.6. The van der Waals surface area contributed by atoms with Crippen LogP contribution >= 0.6 is 11.3 Å². The van der Waals surface area contributed by atoms with Crippen molar-refractivity contribution in [3.63, 3.8) is 0 Å². The molecule has 21 heavy (non-hydrogen) atoms. The lowest BCUT2D eigenvalue weighted by molar-refractivity contribution is 0.0696. The minimum Gasteiger partial charge on any atom is -0.482 e. The van der Waals surface area contributed by atoms with Gasteiger partial charge < -0.3 is 14.4 Å². The highest BCUT2D eigenvalue weighted by Crippen LogP contribution is 2.21. The molecular formula is C13H9N3O4S. The lowest BCUT2D eigenvalue weighted by atomic mass is 10.3. The molecule has 0 spiro atoms. The molecule has 106 valence electrons. The van der Waals surface area contributed by atoms with Crippen LogP contribution in [0.15, 0.2) is 40.5 Å². The van der Waals surface area contributed by atoms with Crippen LogP contribution < -0.4 is 4.74 Å². The number of pyridine rings is 1. The minimum atomic E-state index is -1.06. The van der Waals surface area contributed by atoms with Gasteiger partial charge in [0.2, 0.25) is 5.82 Å². The fourth-order valence-electron chi connectivity index (χ4n) is 1.58. The highest BCUT2D eigenvalue weighted by Gasteiger charge is 2.11. The molecule has 0 radical (unpaired) electrons. The normalized spacial score (nSPS) is 10.5. The lowest BCUT2D eigenvalue weighted by Crippen LogP contribution is -2.00. The van der Waals surface area contributed by atoms with Crippen LogP contribution in [0.2, 0.25) is 0 Å². The molecular weight excluding hydrogens is 294 g/mol. The Morgan fingerprint density at radius 3 is 3.10 bits per heavy atom. The first kappa shape index (κ1) is 13.3. The fourth-order valence-corrected chi connectivity index (χ4v) is 2.23. The number of aromatic carboxylic acids is 1. The van der Waals surface area contributed by atoms with Crippen molar-refractivity contribution in [3.05, 3.63) is 47.4 Å². The van der Waals surface area contributed by atoms with E-state index < -0.39 is 5.97 Å². The second kappa shape index (κ2) is 5.71. The van der Waals surface area contributed by atoms with Gasteiger partial charge in [-0.3, -0.25) is 4.98 Å². The molecule has 3 rings (SSSR count). The summed E-state index contributed by atoms with van der Waals surface area (Å²) in [6.07, 6.45) is 2.67. The third-order valence-electron chi connectivity index (χ3n) is 2.53. The third-order valence-corrected chi connectivity index (χ3v) is 3.40. The zero-order chi connectivity index (χ0) is 14.7. The van der Waals surface area contributed by atoms with Gasteiger partial charge in [0.15, 0.2) is 6.61 Å². The number of hydrogen-bond acceptors (Lipinski definition) is 7. The van der Waals surface area contributed by atoms with Crippen LogP contribution in [0.25, 0.3) is 10.7 Å². The van der Waals surface area contributed by atoms with Crippen LogP contribution in [0.4, 0.5) is 0 Å². The molecule has 0 aliphatic heterocycles. The van der Waals surface area contributed by atoms with Crippen LogP contribution in [0.5, 0.6) is 5.75 Å². The molecule has 0 aliphatic rings. The largest absolute Gasteiger partial charge is 0.482 e. The Hall–Kier alpha value is -2.74. The predicted molar refractivity (Wildman–Crippen MR) is 73.1 cm³/mol. The zero-order valence-electron chi connectivity index (χ0n) is 10.6. The molecule has 0 aromatic carbocycles. The van der Waals surface area contributed by atoms with Crippen molar-refractivity contribution in [1.82, 2.24) is 15.1 Å². The zero-order valence-corrected chi connectivity index (χ0v) is 11.4. The summed E-state index contributed by atoms with van der Waals surface area (Å²) >= 11 is 1.51. The van der Waals surface area contributed by atoms with E-state index in [9.17, 15) is 4.79 Å². The van der Waals surface area contributed by atoms with Gasteiger partial charge in [-0.15, -0.1) is 11.3 Å². The van der Waals surface area contributed by atoms with Crippen LogP contribution in [0, 0.1) is 0 Å². The van der Waals surface area contributed by atoms with Crippen molar-refractivity contribution in [3.8, 4) is 16.5 Å². The van der Waals surface area contributed by atoms with Gasteiger partial charge in [0, 0.05) is 6.20 Å². The molecule has 0 amide bonds. The van der Waals surface area contributed by atoms with Crippen molar-refractivity contribution in [2.24, 2.45) is 0 Å². The van der Waals surface area contributed by atoms with Crippen LogP contribution in [0.1, 0.15) is 16.2 Å². The molecule has 0 saturated heterocycles. The van der Waals surface area contributed by atoms with E-state index in [0.717, 1.165) is 4.88 Å². The quantitative estimate of drug-likeness (QED) is 0.773. The molecule has 0 aliphatic carbocycles. The molecule has 7 nitrogen and oxygen atoms in total. The number of carboxylic acids is 1. The molecule has 0 unspecified atom stereocenters. The van der Waals surface area contributed by atoms with Crippen LogP contribution in [-0.2, 0) is 6.61 Å². The summed E-state index contributed by atoms with van der Waals surface area (Å²) in [5.41, 5.74) is 0.0531. The smallest absolute Gasteiger partial charge is 0.337 e. The second-order valence-electron chi connectivity index (χ2n) is 3.99. The number of aromatic nitrogens is 3. The van der Waals surface area contributed by atoms with Gasteiger partial charge >= 0.3 is 5.97 Å². The van der Waals surface area contributed by atoms with Gasteiger partial charge in [0.05, 0.1) is 16.6 Å². The van der Waals surface area contributed by atoms with Gasteiger partial charge in [0.25, 0.3) is 5.89 Å². The Labute approximate surface area is 122 Å². The lowest BCUT2D eigenvalue weighted by Gasteiger charge is -2.02. The minimum absolute atomic E-state index is 0.0448. The van der Waals surface area contributed by atoms with Gasteiger partial charge in [-0.1, -0.05) is 11.2 Å². The molecule has 0 fully saturated rings. The molecule has 8 heteroatoms. The van der Waals surface area contributed by atoms with Crippen molar-refractivity contribution in [2.45, 2.75) is 6.61 Å². The van der Waals surface area contributed by atoms with E-state index in [-0.39, 0.29) is 12.2 Å². The summed E-state index contributed by atoms with van der Waals surface area (Å²) in [5.74, 6) is 0.0663. The summed E-state index contributed by atoms with van der Waals surface area (Å²) < 4.78 is 10.5. The first-order chi connectivity index (χ1) is 10.2. The van der Waals surface area contributed by atoms with Gasteiger partial charge in [0.1, 0.15) is 5.75 Å². The van der Waals surface area contributed by atoms with E-state index in [1.54, 1.807) is 0 Å². The maximum absolute atomic E-state index is 10.8. The molecule has 0 saturated carbocycles.